The second kappa shape index (κ2) is 8.30. The summed E-state index contributed by atoms with van der Waals surface area (Å²) in [6.45, 7) is 6.51. The van der Waals surface area contributed by atoms with Gasteiger partial charge >= 0.3 is 5.97 Å². The maximum atomic E-state index is 11.8. The highest BCUT2D eigenvalue weighted by molar-refractivity contribution is 5.85. The summed E-state index contributed by atoms with van der Waals surface area (Å²) in [5, 5.41) is 0. The molecule has 0 N–H and O–H groups in total. The summed E-state index contributed by atoms with van der Waals surface area (Å²) >= 11 is 0. The highest BCUT2D eigenvalue weighted by atomic mass is 16.5. The minimum absolute atomic E-state index is 0.0292. The molecule has 124 valence electrons. The third kappa shape index (κ3) is 5.88. The van der Waals surface area contributed by atoms with Crippen LogP contribution in [-0.4, -0.2) is 12.6 Å². The van der Waals surface area contributed by atoms with Crippen LogP contribution in [-0.2, 0) is 9.53 Å². The Labute approximate surface area is 144 Å². The van der Waals surface area contributed by atoms with E-state index >= 15 is 0 Å². The van der Waals surface area contributed by atoms with Crippen LogP contribution in [0.4, 0.5) is 0 Å². The molecule has 0 aliphatic rings. The lowest BCUT2D eigenvalue weighted by Crippen LogP contribution is -2.17. The van der Waals surface area contributed by atoms with E-state index in [1.54, 1.807) is 6.08 Å². The fourth-order valence-electron chi connectivity index (χ4n) is 2.15. The number of ether oxygens (including phenoxy) is 1. The van der Waals surface area contributed by atoms with E-state index in [4.69, 9.17) is 4.74 Å². The zero-order valence-electron chi connectivity index (χ0n) is 14.5. The van der Waals surface area contributed by atoms with Crippen LogP contribution in [0.3, 0.4) is 0 Å². The number of hydrogen-bond acceptors (Lipinski definition) is 2. The van der Waals surface area contributed by atoms with Crippen LogP contribution >= 0.6 is 0 Å². The Morgan fingerprint density at radius 2 is 1.42 bits per heavy atom. The first-order chi connectivity index (χ1) is 11.5. The molecule has 0 saturated heterocycles. The van der Waals surface area contributed by atoms with Crippen LogP contribution in [0.25, 0.3) is 5.57 Å². The summed E-state index contributed by atoms with van der Waals surface area (Å²) in [5.74, 6) is -0.318. The molecule has 0 heterocycles. The second-order valence-electron chi connectivity index (χ2n) is 6.84. The van der Waals surface area contributed by atoms with Gasteiger partial charge in [-0.3, -0.25) is 0 Å². The first-order valence-corrected chi connectivity index (χ1v) is 8.12. The van der Waals surface area contributed by atoms with E-state index in [2.05, 4.69) is 24.3 Å². The van der Waals surface area contributed by atoms with Gasteiger partial charge in [0.05, 0.1) is 6.61 Å². The molecule has 0 radical (unpaired) electrons. The van der Waals surface area contributed by atoms with Crippen LogP contribution in [0, 0.1) is 5.41 Å². The molecule has 2 rings (SSSR count). The molecule has 0 aliphatic heterocycles. The molecule has 2 aromatic carbocycles. The van der Waals surface area contributed by atoms with Crippen molar-refractivity contribution in [2.24, 2.45) is 5.41 Å². The largest absolute Gasteiger partial charge is 0.462 e. The lowest BCUT2D eigenvalue weighted by molar-refractivity contribution is -0.140. The van der Waals surface area contributed by atoms with Crippen molar-refractivity contribution in [3.8, 4) is 0 Å². The maximum Gasteiger partial charge on any atom is 0.330 e. The maximum absolute atomic E-state index is 11.8. The fourth-order valence-corrected chi connectivity index (χ4v) is 2.15. The van der Waals surface area contributed by atoms with E-state index in [1.807, 2.05) is 63.2 Å². The van der Waals surface area contributed by atoms with Gasteiger partial charge in [0.25, 0.3) is 0 Å². The first-order valence-electron chi connectivity index (χ1n) is 8.12. The van der Waals surface area contributed by atoms with Crippen molar-refractivity contribution >= 4 is 11.5 Å². The van der Waals surface area contributed by atoms with Gasteiger partial charge in [-0.25, -0.2) is 4.79 Å². The highest BCUT2D eigenvalue weighted by Gasteiger charge is 2.12. The summed E-state index contributed by atoms with van der Waals surface area (Å²) in [5.41, 5.74) is 3.25. The minimum atomic E-state index is -0.318. The average Bonchev–Trinajstić information content (AvgIpc) is 2.58. The predicted octanol–water partition coefficient (Wildman–Crippen LogP) is 5.26. The Hall–Kier alpha value is -2.61. The van der Waals surface area contributed by atoms with E-state index in [0.29, 0.717) is 6.61 Å². The van der Waals surface area contributed by atoms with Gasteiger partial charge in [-0.15, -0.1) is 0 Å². The summed E-state index contributed by atoms with van der Waals surface area (Å²) in [7, 11) is 0. The van der Waals surface area contributed by atoms with Gasteiger partial charge in [0, 0.05) is 6.08 Å². The molecule has 2 aromatic rings. The van der Waals surface area contributed by atoms with Crippen molar-refractivity contribution in [1.82, 2.24) is 0 Å². The minimum Gasteiger partial charge on any atom is -0.462 e. The second-order valence-corrected chi connectivity index (χ2v) is 6.84. The van der Waals surface area contributed by atoms with Crippen molar-refractivity contribution in [3.05, 3.63) is 90.0 Å². The Morgan fingerprint density at radius 1 is 0.917 bits per heavy atom. The van der Waals surface area contributed by atoms with Crippen LogP contribution in [0.1, 0.15) is 31.9 Å². The normalized spacial score (nSPS) is 11.3. The standard InChI is InChI=1S/C22H24O2/c1-22(2,3)17-24-21(23)16-10-15-20(18-11-6-4-7-12-18)19-13-8-5-9-14-19/h4-16H,17H2,1-3H3. The molecule has 0 amide bonds. The van der Waals surface area contributed by atoms with Crippen molar-refractivity contribution in [2.45, 2.75) is 20.8 Å². The lowest BCUT2D eigenvalue weighted by Gasteiger charge is -2.16. The van der Waals surface area contributed by atoms with Gasteiger partial charge in [-0.05, 0) is 22.1 Å². The third-order valence-electron chi connectivity index (χ3n) is 3.31. The van der Waals surface area contributed by atoms with Crippen LogP contribution < -0.4 is 0 Å². The number of rotatable bonds is 5. The average molecular weight is 320 g/mol. The van der Waals surface area contributed by atoms with Crippen molar-refractivity contribution in [2.75, 3.05) is 6.61 Å². The molecule has 2 nitrogen and oxygen atoms in total. The highest BCUT2D eigenvalue weighted by Crippen LogP contribution is 2.23. The number of esters is 1. The molecular weight excluding hydrogens is 296 g/mol. The fraction of sp³-hybridized carbons (Fsp3) is 0.227. The molecule has 0 aliphatic carbocycles. The topological polar surface area (TPSA) is 26.3 Å². The molecule has 0 atom stereocenters. The third-order valence-corrected chi connectivity index (χ3v) is 3.31. The predicted molar refractivity (Wildman–Crippen MR) is 99.5 cm³/mol. The van der Waals surface area contributed by atoms with Crippen LogP contribution in [0.15, 0.2) is 78.9 Å². The Bertz CT molecular complexity index is 663. The molecule has 0 unspecified atom stereocenters. The first kappa shape index (κ1) is 17.7. The van der Waals surface area contributed by atoms with E-state index < -0.39 is 0 Å². The smallest absolute Gasteiger partial charge is 0.330 e. The lowest BCUT2D eigenvalue weighted by atomic mass is 9.97. The molecule has 0 saturated carbocycles. The quantitative estimate of drug-likeness (QED) is 0.426. The monoisotopic (exact) mass is 320 g/mol. The molecule has 0 fully saturated rings. The van der Waals surface area contributed by atoms with Crippen molar-refractivity contribution in [3.63, 3.8) is 0 Å². The van der Waals surface area contributed by atoms with Crippen LogP contribution in [0.5, 0.6) is 0 Å². The van der Waals surface area contributed by atoms with E-state index in [0.717, 1.165) is 16.7 Å². The molecule has 0 aromatic heterocycles. The van der Waals surface area contributed by atoms with Gasteiger partial charge in [0.2, 0.25) is 0 Å². The molecular formula is C22H24O2. The Balaban J connectivity index is 2.17. The number of hydrogen-bond donors (Lipinski definition) is 0. The van der Waals surface area contributed by atoms with E-state index in [1.165, 1.54) is 6.08 Å². The number of benzene rings is 2. The van der Waals surface area contributed by atoms with Crippen LogP contribution in [0.2, 0.25) is 0 Å². The summed E-state index contributed by atoms with van der Waals surface area (Å²) in [6, 6.07) is 20.3. The van der Waals surface area contributed by atoms with Gasteiger partial charge < -0.3 is 4.74 Å². The molecule has 24 heavy (non-hydrogen) atoms. The van der Waals surface area contributed by atoms with Gasteiger partial charge in [0.1, 0.15) is 0 Å². The van der Waals surface area contributed by atoms with Crippen molar-refractivity contribution in [1.29, 1.82) is 0 Å². The summed E-state index contributed by atoms with van der Waals surface area (Å²) < 4.78 is 5.24. The zero-order chi connectivity index (χ0) is 17.4. The van der Waals surface area contributed by atoms with Gasteiger partial charge in [-0.2, -0.15) is 0 Å². The SMILES string of the molecule is CC(C)(C)COC(=O)C=CC=C(c1ccccc1)c1ccccc1. The van der Waals surface area contributed by atoms with Crippen molar-refractivity contribution < 1.29 is 9.53 Å². The van der Waals surface area contributed by atoms with E-state index in [9.17, 15) is 4.79 Å². The molecule has 2 heteroatoms. The zero-order valence-corrected chi connectivity index (χ0v) is 14.5. The molecule has 0 bridgehead atoms. The Kier molecular flexibility index (Phi) is 6.14. The Morgan fingerprint density at radius 3 is 1.88 bits per heavy atom. The summed E-state index contributed by atoms with van der Waals surface area (Å²) in [6.07, 6.45) is 5.17. The van der Waals surface area contributed by atoms with Gasteiger partial charge in [-0.1, -0.05) is 93.6 Å². The van der Waals surface area contributed by atoms with Gasteiger partial charge in [0.15, 0.2) is 0 Å². The number of carbonyl (C=O) groups is 1. The summed E-state index contributed by atoms with van der Waals surface area (Å²) in [4.78, 5) is 11.8. The number of carbonyl (C=O) groups excluding carboxylic acids is 1. The number of allylic oxidation sites excluding steroid dienone is 2. The molecule has 0 spiro atoms. The van der Waals surface area contributed by atoms with E-state index in [-0.39, 0.29) is 11.4 Å².